The number of piperidine rings is 1. The third kappa shape index (κ3) is 6.27. The van der Waals surface area contributed by atoms with Gasteiger partial charge in [-0.3, -0.25) is 0 Å². The van der Waals surface area contributed by atoms with Gasteiger partial charge in [0.05, 0.1) is 5.69 Å². The van der Waals surface area contributed by atoms with E-state index in [2.05, 4.69) is 79.1 Å². The van der Waals surface area contributed by atoms with Crippen molar-refractivity contribution in [2.75, 3.05) is 26.2 Å². The van der Waals surface area contributed by atoms with E-state index < -0.39 is 0 Å². The number of benzene rings is 1. The molecule has 2 N–H and O–H groups in total. The van der Waals surface area contributed by atoms with Gasteiger partial charge >= 0.3 is 0 Å². The van der Waals surface area contributed by atoms with Crippen LogP contribution in [-0.4, -0.2) is 42.1 Å². The maximum absolute atomic E-state index is 6.12. The highest BCUT2D eigenvalue weighted by molar-refractivity contribution is 7.10. The van der Waals surface area contributed by atoms with Gasteiger partial charge in [0.25, 0.3) is 0 Å². The van der Waals surface area contributed by atoms with Crippen LogP contribution in [-0.2, 0) is 6.54 Å². The molecular weight excluding hydrogens is 448 g/mol. The molecule has 4 nitrogen and oxygen atoms in total. The average molecular weight is 485 g/mol. The molecule has 2 aromatic rings. The van der Waals surface area contributed by atoms with Gasteiger partial charge in [-0.25, -0.2) is 4.98 Å². The fourth-order valence-corrected chi connectivity index (χ4v) is 6.03. The molecular formula is C27H37ClN4S. The first-order valence-corrected chi connectivity index (χ1v) is 13.3. The quantitative estimate of drug-likeness (QED) is 0.487. The minimum absolute atomic E-state index is 0.229. The Bertz CT molecular complexity index is 976. The summed E-state index contributed by atoms with van der Waals surface area (Å²) >= 11 is 7.84. The van der Waals surface area contributed by atoms with Crippen molar-refractivity contribution < 1.29 is 0 Å². The second-order valence-electron chi connectivity index (χ2n) is 10.4. The number of thiazole rings is 1. The van der Waals surface area contributed by atoms with Crippen molar-refractivity contribution in [2.45, 2.75) is 52.6 Å². The molecule has 33 heavy (non-hydrogen) atoms. The standard InChI is InChI=1S/C27H37ClN4S/c1-19(2)25(30-15-23-17-33-26(31-23)21-6-5-12-29-14-21)16-32-13-11-24(27(3,4)18-32)20-7-9-22(28)10-8-20/h5-10,14,17,19,24-25,29-30H,11-13,15-16,18H2,1-4H3/t24-,25+/m1/s1. The van der Waals surface area contributed by atoms with Crippen molar-refractivity contribution >= 4 is 28.5 Å². The summed E-state index contributed by atoms with van der Waals surface area (Å²) in [7, 11) is 0. The van der Waals surface area contributed by atoms with E-state index in [1.54, 1.807) is 11.3 Å². The van der Waals surface area contributed by atoms with E-state index in [0.29, 0.717) is 17.9 Å². The molecule has 0 bridgehead atoms. The number of rotatable bonds is 8. The molecule has 2 aliphatic heterocycles. The maximum Gasteiger partial charge on any atom is 0.125 e. The summed E-state index contributed by atoms with van der Waals surface area (Å²) in [5.41, 5.74) is 3.94. The van der Waals surface area contributed by atoms with Crippen molar-refractivity contribution in [1.82, 2.24) is 20.5 Å². The monoisotopic (exact) mass is 484 g/mol. The summed E-state index contributed by atoms with van der Waals surface area (Å²) < 4.78 is 0. The third-order valence-electron chi connectivity index (χ3n) is 6.98. The Morgan fingerprint density at radius 2 is 2.06 bits per heavy atom. The molecule has 1 fully saturated rings. The molecule has 1 saturated heterocycles. The Labute approximate surface area is 208 Å². The smallest absolute Gasteiger partial charge is 0.125 e. The summed E-state index contributed by atoms with van der Waals surface area (Å²) in [4.78, 5) is 7.51. The van der Waals surface area contributed by atoms with E-state index in [-0.39, 0.29) is 5.41 Å². The topological polar surface area (TPSA) is 40.2 Å². The van der Waals surface area contributed by atoms with Crippen molar-refractivity contribution in [3.8, 4) is 0 Å². The van der Waals surface area contributed by atoms with E-state index in [4.69, 9.17) is 16.6 Å². The van der Waals surface area contributed by atoms with Crippen molar-refractivity contribution in [2.24, 2.45) is 11.3 Å². The van der Waals surface area contributed by atoms with Gasteiger partial charge in [0.2, 0.25) is 0 Å². The minimum atomic E-state index is 0.229. The van der Waals surface area contributed by atoms with Gasteiger partial charge in [-0.05, 0) is 47.9 Å². The van der Waals surface area contributed by atoms with Crippen LogP contribution in [0.3, 0.4) is 0 Å². The highest BCUT2D eigenvalue weighted by Crippen LogP contribution is 2.42. The number of nitrogens with zero attached hydrogens (tertiary/aromatic N) is 2. The van der Waals surface area contributed by atoms with Crippen LogP contribution in [0.5, 0.6) is 0 Å². The number of likely N-dealkylation sites (tertiary alicyclic amines) is 1. The van der Waals surface area contributed by atoms with E-state index in [1.807, 2.05) is 12.1 Å². The molecule has 6 heteroatoms. The van der Waals surface area contributed by atoms with Crippen LogP contribution >= 0.6 is 22.9 Å². The van der Waals surface area contributed by atoms with E-state index >= 15 is 0 Å². The number of halogens is 1. The molecule has 3 heterocycles. The average Bonchev–Trinajstić information content (AvgIpc) is 3.26. The summed E-state index contributed by atoms with van der Waals surface area (Å²) in [6.07, 6.45) is 7.54. The lowest BCUT2D eigenvalue weighted by molar-refractivity contribution is 0.0791. The summed E-state index contributed by atoms with van der Waals surface area (Å²) in [6, 6.07) is 8.91. The molecule has 0 aliphatic carbocycles. The Hall–Kier alpha value is -1.66. The van der Waals surface area contributed by atoms with Gasteiger partial charge in [-0.15, -0.1) is 11.3 Å². The van der Waals surface area contributed by atoms with Crippen LogP contribution in [0.4, 0.5) is 0 Å². The maximum atomic E-state index is 6.12. The van der Waals surface area contributed by atoms with E-state index in [1.165, 1.54) is 17.6 Å². The molecule has 1 aromatic carbocycles. The Kier molecular flexibility index (Phi) is 7.95. The predicted molar refractivity (Wildman–Crippen MR) is 142 cm³/mol. The van der Waals surface area contributed by atoms with Crippen LogP contribution in [0.2, 0.25) is 5.02 Å². The number of aromatic nitrogens is 1. The van der Waals surface area contributed by atoms with Crippen LogP contribution < -0.4 is 10.6 Å². The molecule has 178 valence electrons. The normalized spacial score (nSPS) is 21.6. The molecule has 0 amide bonds. The fraction of sp³-hybridized carbons (Fsp3) is 0.519. The highest BCUT2D eigenvalue weighted by atomic mass is 35.5. The molecule has 0 spiro atoms. The number of hydrogen-bond donors (Lipinski definition) is 2. The fourth-order valence-electron chi connectivity index (χ4n) is 5.09. The molecule has 0 unspecified atom stereocenters. The second-order valence-corrected chi connectivity index (χ2v) is 11.7. The predicted octanol–water partition coefficient (Wildman–Crippen LogP) is 5.93. The molecule has 4 rings (SSSR count). The van der Waals surface area contributed by atoms with Crippen molar-refractivity contribution in [1.29, 1.82) is 0 Å². The second kappa shape index (κ2) is 10.7. The number of hydrogen-bond acceptors (Lipinski definition) is 5. The van der Waals surface area contributed by atoms with Crippen LogP contribution in [0.25, 0.3) is 5.57 Å². The van der Waals surface area contributed by atoms with Crippen molar-refractivity contribution in [3.63, 3.8) is 0 Å². The lowest BCUT2D eigenvalue weighted by atomic mass is 9.70. The van der Waals surface area contributed by atoms with Crippen LogP contribution in [0.15, 0.2) is 48.0 Å². The zero-order valence-electron chi connectivity index (χ0n) is 20.3. The lowest BCUT2D eigenvalue weighted by Crippen LogP contribution is -2.51. The summed E-state index contributed by atoms with van der Waals surface area (Å²) in [5, 5.41) is 11.2. The molecule has 1 aromatic heterocycles. The molecule has 2 atom stereocenters. The Balaban J connectivity index is 1.34. The Morgan fingerprint density at radius 1 is 1.27 bits per heavy atom. The first kappa shape index (κ1) is 24.5. The number of nitrogens with one attached hydrogen (secondary N) is 2. The Morgan fingerprint density at radius 3 is 2.73 bits per heavy atom. The van der Waals surface area contributed by atoms with E-state index in [9.17, 15) is 0 Å². The largest absolute Gasteiger partial charge is 0.387 e. The van der Waals surface area contributed by atoms with Gasteiger partial charge in [-0.2, -0.15) is 0 Å². The van der Waals surface area contributed by atoms with Crippen molar-refractivity contribution in [3.05, 3.63) is 69.3 Å². The van der Waals surface area contributed by atoms with E-state index in [0.717, 1.165) is 48.4 Å². The molecule has 0 radical (unpaired) electrons. The van der Waals surface area contributed by atoms with Crippen LogP contribution in [0.1, 0.15) is 56.3 Å². The number of allylic oxidation sites excluding steroid dienone is 2. The SMILES string of the molecule is CC(C)[C@H](CN1CC[C@H](c2ccc(Cl)cc2)C(C)(C)C1)NCc1csc(C2=CNCC=C2)n1. The zero-order chi connectivity index (χ0) is 23.4. The summed E-state index contributed by atoms with van der Waals surface area (Å²) in [6.45, 7) is 14.5. The van der Waals surface area contributed by atoms with Gasteiger partial charge in [-0.1, -0.05) is 63.6 Å². The highest BCUT2D eigenvalue weighted by Gasteiger charge is 2.37. The van der Waals surface area contributed by atoms with Crippen LogP contribution in [0, 0.1) is 11.3 Å². The van der Waals surface area contributed by atoms with Gasteiger partial charge < -0.3 is 15.5 Å². The first-order chi connectivity index (χ1) is 15.8. The summed E-state index contributed by atoms with van der Waals surface area (Å²) in [5.74, 6) is 1.14. The van der Waals surface area contributed by atoms with Gasteiger partial charge in [0, 0.05) is 54.4 Å². The zero-order valence-corrected chi connectivity index (χ0v) is 21.8. The van der Waals surface area contributed by atoms with Gasteiger partial charge in [0.15, 0.2) is 0 Å². The lowest BCUT2D eigenvalue weighted by Gasteiger charge is -2.46. The third-order valence-corrected chi connectivity index (χ3v) is 8.17. The molecule has 2 aliphatic rings. The van der Waals surface area contributed by atoms with Gasteiger partial charge in [0.1, 0.15) is 5.01 Å². The number of dihydropyridines is 1. The molecule has 0 saturated carbocycles. The first-order valence-electron chi connectivity index (χ1n) is 12.1. The minimum Gasteiger partial charge on any atom is -0.387 e.